The Hall–Kier alpha value is -1.40. The first-order valence-electron chi connectivity index (χ1n) is 4.75. The number of anilines is 1. The molecule has 0 saturated carbocycles. The lowest BCUT2D eigenvalue weighted by molar-refractivity contribution is 0.546. The van der Waals surface area contributed by atoms with Crippen LogP contribution in [0.15, 0.2) is 16.1 Å². The maximum atomic E-state index is 5.89. The molecular weight excluding hydrogens is 242 g/mol. The molecule has 3 rings (SSSR count). The van der Waals surface area contributed by atoms with Gasteiger partial charge in [0.15, 0.2) is 10.4 Å². The number of nitrogen functional groups attached to an aromatic ring is 1. The van der Waals surface area contributed by atoms with Crippen molar-refractivity contribution in [3.63, 3.8) is 0 Å². The maximum Gasteiger partial charge on any atom is 0.201 e. The number of aryl methyl sites for hydroxylation is 1. The molecular formula is C10H9N3OS2. The predicted molar refractivity (Wildman–Crippen MR) is 66.0 cm³/mol. The Morgan fingerprint density at radius 3 is 3.06 bits per heavy atom. The molecule has 3 aromatic heterocycles. The highest BCUT2D eigenvalue weighted by atomic mass is 32.1. The third-order valence-electron chi connectivity index (χ3n) is 2.32. The summed E-state index contributed by atoms with van der Waals surface area (Å²) in [6.07, 6.45) is 2.52. The van der Waals surface area contributed by atoms with Crippen molar-refractivity contribution in [3.8, 4) is 0 Å². The quantitative estimate of drug-likeness (QED) is 0.760. The van der Waals surface area contributed by atoms with Crippen LogP contribution < -0.4 is 5.73 Å². The van der Waals surface area contributed by atoms with Crippen LogP contribution in [0.1, 0.15) is 15.6 Å². The standard InChI is InChI=1S/C10H9N3OS2/c1-5-8(11)9-10(16-5)13-7(14-9)2-6-3-12-4-15-6/h3-4H,2,11H2,1H3. The molecule has 16 heavy (non-hydrogen) atoms. The predicted octanol–water partition coefficient (Wildman–Crippen LogP) is 2.83. The van der Waals surface area contributed by atoms with Crippen molar-refractivity contribution in [3.05, 3.63) is 27.4 Å². The maximum absolute atomic E-state index is 5.89. The summed E-state index contributed by atoms with van der Waals surface area (Å²) in [6, 6.07) is 0. The van der Waals surface area contributed by atoms with Crippen LogP contribution in [-0.2, 0) is 6.42 Å². The van der Waals surface area contributed by atoms with Gasteiger partial charge in [-0.05, 0) is 6.92 Å². The Labute approximate surface area is 99.8 Å². The number of nitrogens with two attached hydrogens (primary N) is 1. The second-order valence-corrected chi connectivity index (χ2v) is 5.63. The van der Waals surface area contributed by atoms with Crippen LogP contribution in [-0.4, -0.2) is 9.97 Å². The van der Waals surface area contributed by atoms with Gasteiger partial charge in [-0.1, -0.05) is 0 Å². The highest BCUT2D eigenvalue weighted by Gasteiger charge is 2.14. The van der Waals surface area contributed by atoms with Gasteiger partial charge in [0.1, 0.15) is 0 Å². The molecule has 0 saturated heterocycles. The van der Waals surface area contributed by atoms with Crippen LogP contribution in [0.2, 0.25) is 0 Å². The fourth-order valence-corrected chi connectivity index (χ4v) is 2.97. The first-order valence-corrected chi connectivity index (χ1v) is 6.45. The highest BCUT2D eigenvalue weighted by Crippen LogP contribution is 2.33. The fraction of sp³-hybridized carbons (Fsp3) is 0.200. The summed E-state index contributed by atoms with van der Waals surface area (Å²) < 4.78 is 5.65. The summed E-state index contributed by atoms with van der Waals surface area (Å²) in [5.74, 6) is 0.706. The van der Waals surface area contributed by atoms with Gasteiger partial charge < -0.3 is 10.2 Å². The second-order valence-electron chi connectivity index (χ2n) is 3.46. The summed E-state index contributed by atoms with van der Waals surface area (Å²) in [5, 5.41) is 0. The minimum absolute atomic E-state index is 0.685. The molecule has 0 radical (unpaired) electrons. The van der Waals surface area contributed by atoms with Gasteiger partial charge in [0.05, 0.1) is 17.6 Å². The fourth-order valence-electron chi connectivity index (χ4n) is 1.50. The molecule has 0 aliphatic rings. The smallest absolute Gasteiger partial charge is 0.201 e. The number of thiophene rings is 1. The van der Waals surface area contributed by atoms with Crippen molar-refractivity contribution < 1.29 is 4.42 Å². The van der Waals surface area contributed by atoms with Crippen molar-refractivity contribution >= 4 is 38.8 Å². The topological polar surface area (TPSA) is 64.9 Å². The molecule has 0 aromatic carbocycles. The Bertz CT molecular complexity index is 624. The number of nitrogens with zero attached hydrogens (tertiary/aromatic N) is 2. The lowest BCUT2D eigenvalue weighted by atomic mass is 10.4. The average molecular weight is 251 g/mol. The Morgan fingerprint density at radius 1 is 1.50 bits per heavy atom. The van der Waals surface area contributed by atoms with Crippen LogP contribution in [0.5, 0.6) is 0 Å². The van der Waals surface area contributed by atoms with Crippen molar-refractivity contribution in [1.29, 1.82) is 0 Å². The Balaban J connectivity index is 2.00. The molecule has 0 spiro atoms. The van der Waals surface area contributed by atoms with Gasteiger partial charge in [-0.2, -0.15) is 0 Å². The number of aromatic nitrogens is 2. The van der Waals surface area contributed by atoms with E-state index in [0.29, 0.717) is 18.0 Å². The van der Waals surface area contributed by atoms with Crippen molar-refractivity contribution in [2.75, 3.05) is 5.73 Å². The number of hydrogen-bond acceptors (Lipinski definition) is 6. The van der Waals surface area contributed by atoms with Gasteiger partial charge in [0.25, 0.3) is 0 Å². The Morgan fingerprint density at radius 2 is 2.38 bits per heavy atom. The molecule has 0 unspecified atom stereocenters. The van der Waals surface area contributed by atoms with Crippen LogP contribution in [0, 0.1) is 6.92 Å². The molecule has 0 bridgehead atoms. The molecule has 0 atom stereocenters. The third-order valence-corrected chi connectivity index (χ3v) is 4.10. The first-order chi connectivity index (χ1) is 7.74. The van der Waals surface area contributed by atoms with E-state index in [-0.39, 0.29) is 0 Å². The van der Waals surface area contributed by atoms with Gasteiger partial charge in [-0.3, -0.25) is 4.98 Å². The first kappa shape index (κ1) is 9.80. The molecule has 6 heteroatoms. The Kier molecular flexibility index (Phi) is 2.19. The zero-order valence-electron chi connectivity index (χ0n) is 8.56. The molecule has 4 nitrogen and oxygen atoms in total. The van der Waals surface area contributed by atoms with Gasteiger partial charge >= 0.3 is 0 Å². The van der Waals surface area contributed by atoms with Crippen molar-refractivity contribution in [2.24, 2.45) is 0 Å². The zero-order valence-corrected chi connectivity index (χ0v) is 10.2. The van der Waals surface area contributed by atoms with E-state index in [2.05, 4.69) is 9.97 Å². The number of hydrogen-bond donors (Lipinski definition) is 1. The van der Waals surface area contributed by atoms with Crippen LogP contribution in [0.4, 0.5) is 5.69 Å². The summed E-state index contributed by atoms with van der Waals surface area (Å²) in [6.45, 7) is 1.97. The molecule has 2 N–H and O–H groups in total. The third kappa shape index (κ3) is 1.50. The molecule has 0 amide bonds. The molecule has 3 aromatic rings. The van der Waals surface area contributed by atoms with Crippen LogP contribution in [0.25, 0.3) is 10.4 Å². The monoisotopic (exact) mass is 251 g/mol. The van der Waals surface area contributed by atoms with Crippen molar-refractivity contribution in [1.82, 2.24) is 9.97 Å². The number of rotatable bonds is 2. The zero-order chi connectivity index (χ0) is 11.1. The van der Waals surface area contributed by atoms with Crippen LogP contribution in [0.3, 0.4) is 0 Å². The minimum atomic E-state index is 0.685. The molecule has 0 aliphatic heterocycles. The second kappa shape index (κ2) is 3.57. The van der Waals surface area contributed by atoms with E-state index in [0.717, 1.165) is 20.2 Å². The minimum Gasteiger partial charge on any atom is -0.437 e. The molecule has 0 fully saturated rings. The highest BCUT2D eigenvalue weighted by molar-refractivity contribution is 7.19. The van der Waals surface area contributed by atoms with Crippen LogP contribution >= 0.6 is 22.7 Å². The lowest BCUT2D eigenvalue weighted by Gasteiger charge is -1.90. The average Bonchev–Trinajstić information content (AvgIpc) is 2.91. The van der Waals surface area contributed by atoms with Gasteiger partial charge in [0, 0.05) is 16.0 Å². The molecule has 3 heterocycles. The lowest BCUT2D eigenvalue weighted by Crippen LogP contribution is -1.84. The summed E-state index contributed by atoms with van der Waals surface area (Å²) in [7, 11) is 0. The molecule has 0 aliphatic carbocycles. The van der Waals surface area contributed by atoms with Gasteiger partial charge in [-0.25, -0.2) is 4.98 Å². The number of oxazole rings is 1. The van der Waals surface area contributed by atoms with E-state index in [1.54, 1.807) is 28.2 Å². The molecule has 82 valence electrons. The summed E-state index contributed by atoms with van der Waals surface area (Å²) in [5.41, 5.74) is 9.13. The van der Waals surface area contributed by atoms with E-state index in [4.69, 9.17) is 10.2 Å². The van der Waals surface area contributed by atoms with E-state index >= 15 is 0 Å². The summed E-state index contributed by atoms with van der Waals surface area (Å²) in [4.78, 5) is 11.5. The van der Waals surface area contributed by atoms with Crippen molar-refractivity contribution in [2.45, 2.75) is 13.3 Å². The van der Waals surface area contributed by atoms with E-state index in [1.165, 1.54) is 0 Å². The van der Waals surface area contributed by atoms with Gasteiger partial charge in [0.2, 0.25) is 5.89 Å². The van der Waals surface area contributed by atoms with E-state index in [1.807, 2.05) is 13.1 Å². The normalized spacial score (nSPS) is 11.3. The van der Waals surface area contributed by atoms with E-state index in [9.17, 15) is 0 Å². The van der Waals surface area contributed by atoms with E-state index < -0.39 is 0 Å². The number of fused-ring (bicyclic) bond motifs is 1. The summed E-state index contributed by atoms with van der Waals surface area (Å²) >= 11 is 3.17. The van der Waals surface area contributed by atoms with Gasteiger partial charge in [-0.15, -0.1) is 22.7 Å². The largest absolute Gasteiger partial charge is 0.437 e. The SMILES string of the molecule is Cc1sc2nc(Cc3cncs3)oc2c1N. The number of thiazole rings is 1.